The first-order valence-electron chi connectivity index (χ1n) is 4.48. The van der Waals surface area contributed by atoms with Gasteiger partial charge in [0.15, 0.2) is 0 Å². The van der Waals surface area contributed by atoms with Crippen LogP contribution in [0.1, 0.15) is 40.0 Å². The molecule has 0 saturated carbocycles. The molecule has 0 spiro atoms. The second-order valence-corrected chi connectivity index (χ2v) is 3.53. The SMILES string of the molecule is CCN1CCC[C@]1(C)CC. The second-order valence-electron chi connectivity index (χ2n) is 3.53. The van der Waals surface area contributed by atoms with Crippen LogP contribution < -0.4 is 0 Å². The zero-order chi connectivity index (χ0) is 7.61. The Kier molecular flexibility index (Phi) is 2.35. The summed E-state index contributed by atoms with van der Waals surface area (Å²) in [5, 5.41) is 0. The Balaban J connectivity index is 2.56. The van der Waals surface area contributed by atoms with Gasteiger partial charge < -0.3 is 0 Å². The second kappa shape index (κ2) is 2.91. The van der Waals surface area contributed by atoms with Crippen molar-refractivity contribution in [3.8, 4) is 0 Å². The van der Waals surface area contributed by atoms with Crippen LogP contribution >= 0.6 is 0 Å². The van der Waals surface area contributed by atoms with Gasteiger partial charge >= 0.3 is 0 Å². The highest BCUT2D eigenvalue weighted by Gasteiger charge is 2.32. The van der Waals surface area contributed by atoms with E-state index in [9.17, 15) is 0 Å². The molecule has 0 aliphatic carbocycles. The maximum Gasteiger partial charge on any atom is 0.0179 e. The molecule has 0 amide bonds. The lowest BCUT2D eigenvalue weighted by molar-refractivity contribution is 0.159. The fourth-order valence-corrected chi connectivity index (χ4v) is 2.02. The van der Waals surface area contributed by atoms with E-state index in [1.165, 1.54) is 32.4 Å². The summed E-state index contributed by atoms with van der Waals surface area (Å²) in [5.74, 6) is 0. The van der Waals surface area contributed by atoms with E-state index in [1.54, 1.807) is 0 Å². The number of likely N-dealkylation sites (tertiary alicyclic amines) is 1. The zero-order valence-electron chi connectivity index (χ0n) is 7.48. The summed E-state index contributed by atoms with van der Waals surface area (Å²) in [5.41, 5.74) is 0.536. The minimum Gasteiger partial charge on any atom is -0.298 e. The van der Waals surface area contributed by atoms with Gasteiger partial charge in [-0.05, 0) is 39.3 Å². The topological polar surface area (TPSA) is 3.24 Å². The molecular formula is C9H19N. The van der Waals surface area contributed by atoms with E-state index < -0.39 is 0 Å². The van der Waals surface area contributed by atoms with Gasteiger partial charge in [-0.25, -0.2) is 0 Å². The van der Waals surface area contributed by atoms with E-state index in [0.29, 0.717) is 5.54 Å². The first kappa shape index (κ1) is 8.06. The van der Waals surface area contributed by atoms with Gasteiger partial charge in [0.25, 0.3) is 0 Å². The van der Waals surface area contributed by atoms with Gasteiger partial charge in [0, 0.05) is 5.54 Å². The van der Waals surface area contributed by atoms with Crippen molar-refractivity contribution in [3.63, 3.8) is 0 Å². The molecule has 0 aromatic heterocycles. The molecule has 0 radical (unpaired) electrons. The van der Waals surface area contributed by atoms with Crippen LogP contribution in [0.5, 0.6) is 0 Å². The van der Waals surface area contributed by atoms with Gasteiger partial charge in [-0.3, -0.25) is 4.90 Å². The molecule has 0 aromatic carbocycles. The standard InChI is InChI=1S/C9H19N/c1-4-9(3)7-6-8-10(9)5-2/h4-8H2,1-3H3/t9-/m0/s1. The number of hydrogen-bond acceptors (Lipinski definition) is 1. The molecule has 0 unspecified atom stereocenters. The highest BCUT2D eigenvalue weighted by atomic mass is 15.2. The molecule has 0 aromatic rings. The monoisotopic (exact) mass is 141 g/mol. The summed E-state index contributed by atoms with van der Waals surface area (Å²) < 4.78 is 0. The first-order chi connectivity index (χ1) is 4.73. The Morgan fingerprint density at radius 2 is 2.10 bits per heavy atom. The molecule has 1 heteroatoms. The van der Waals surface area contributed by atoms with Crippen LogP contribution in [0.2, 0.25) is 0 Å². The molecule has 1 nitrogen and oxygen atoms in total. The lowest BCUT2D eigenvalue weighted by Gasteiger charge is -2.33. The van der Waals surface area contributed by atoms with Gasteiger partial charge in [0.05, 0.1) is 0 Å². The van der Waals surface area contributed by atoms with Crippen LogP contribution in [0.15, 0.2) is 0 Å². The van der Waals surface area contributed by atoms with E-state index in [-0.39, 0.29) is 0 Å². The Labute approximate surface area is 64.4 Å². The summed E-state index contributed by atoms with van der Waals surface area (Å²) in [6.45, 7) is 9.50. The molecule has 60 valence electrons. The van der Waals surface area contributed by atoms with Crippen molar-refractivity contribution < 1.29 is 0 Å². The Morgan fingerprint density at radius 1 is 1.40 bits per heavy atom. The van der Waals surface area contributed by atoms with Gasteiger partial charge in [0.2, 0.25) is 0 Å². The van der Waals surface area contributed by atoms with Crippen molar-refractivity contribution in [1.29, 1.82) is 0 Å². The Hall–Kier alpha value is -0.0400. The van der Waals surface area contributed by atoms with E-state index >= 15 is 0 Å². The Bertz CT molecular complexity index is 111. The average Bonchev–Trinajstić information content (AvgIpc) is 2.32. The van der Waals surface area contributed by atoms with Crippen molar-refractivity contribution in [2.75, 3.05) is 13.1 Å². The van der Waals surface area contributed by atoms with Crippen LogP contribution in [0.3, 0.4) is 0 Å². The average molecular weight is 141 g/mol. The quantitative estimate of drug-likeness (QED) is 0.570. The molecule has 1 fully saturated rings. The van der Waals surface area contributed by atoms with Gasteiger partial charge in [-0.1, -0.05) is 13.8 Å². The van der Waals surface area contributed by atoms with Crippen LogP contribution in [0, 0.1) is 0 Å². The molecule has 1 saturated heterocycles. The van der Waals surface area contributed by atoms with E-state index in [0.717, 1.165) is 0 Å². The van der Waals surface area contributed by atoms with Crippen LogP contribution in [-0.2, 0) is 0 Å². The third-order valence-corrected chi connectivity index (χ3v) is 3.05. The molecule has 1 heterocycles. The largest absolute Gasteiger partial charge is 0.298 e. The minimum atomic E-state index is 0.536. The summed E-state index contributed by atoms with van der Waals surface area (Å²) in [6.07, 6.45) is 4.11. The summed E-state index contributed by atoms with van der Waals surface area (Å²) in [4.78, 5) is 2.60. The summed E-state index contributed by atoms with van der Waals surface area (Å²) >= 11 is 0. The van der Waals surface area contributed by atoms with Crippen molar-refractivity contribution in [3.05, 3.63) is 0 Å². The molecular weight excluding hydrogens is 122 g/mol. The molecule has 1 aliphatic heterocycles. The van der Waals surface area contributed by atoms with E-state index in [4.69, 9.17) is 0 Å². The molecule has 10 heavy (non-hydrogen) atoms. The minimum absolute atomic E-state index is 0.536. The van der Waals surface area contributed by atoms with E-state index in [1.807, 2.05) is 0 Å². The maximum atomic E-state index is 2.60. The lowest BCUT2D eigenvalue weighted by Crippen LogP contribution is -2.40. The number of hydrogen-bond donors (Lipinski definition) is 0. The molecule has 1 aliphatic rings. The van der Waals surface area contributed by atoms with E-state index in [2.05, 4.69) is 25.7 Å². The molecule has 1 atom stereocenters. The highest BCUT2D eigenvalue weighted by molar-refractivity contribution is 4.89. The van der Waals surface area contributed by atoms with Gasteiger partial charge in [-0.15, -0.1) is 0 Å². The summed E-state index contributed by atoms with van der Waals surface area (Å²) in [7, 11) is 0. The Morgan fingerprint density at radius 3 is 2.50 bits per heavy atom. The first-order valence-corrected chi connectivity index (χ1v) is 4.48. The zero-order valence-corrected chi connectivity index (χ0v) is 7.48. The molecule has 1 rings (SSSR count). The predicted octanol–water partition coefficient (Wildman–Crippen LogP) is 2.27. The smallest absolute Gasteiger partial charge is 0.0179 e. The lowest BCUT2D eigenvalue weighted by atomic mass is 9.96. The third-order valence-electron chi connectivity index (χ3n) is 3.05. The van der Waals surface area contributed by atoms with Crippen LogP contribution in [0.25, 0.3) is 0 Å². The molecule has 0 bridgehead atoms. The number of nitrogens with zero attached hydrogens (tertiary/aromatic N) is 1. The van der Waals surface area contributed by atoms with Crippen molar-refractivity contribution in [1.82, 2.24) is 4.90 Å². The predicted molar refractivity (Wildman–Crippen MR) is 45.2 cm³/mol. The summed E-state index contributed by atoms with van der Waals surface area (Å²) in [6, 6.07) is 0. The van der Waals surface area contributed by atoms with Crippen molar-refractivity contribution in [2.45, 2.75) is 45.6 Å². The van der Waals surface area contributed by atoms with Gasteiger partial charge in [-0.2, -0.15) is 0 Å². The fourth-order valence-electron chi connectivity index (χ4n) is 2.02. The van der Waals surface area contributed by atoms with Crippen LogP contribution in [0.4, 0.5) is 0 Å². The van der Waals surface area contributed by atoms with Crippen molar-refractivity contribution >= 4 is 0 Å². The maximum absolute atomic E-state index is 2.60. The fraction of sp³-hybridized carbons (Fsp3) is 1.00. The van der Waals surface area contributed by atoms with Crippen molar-refractivity contribution in [2.24, 2.45) is 0 Å². The third kappa shape index (κ3) is 1.20. The van der Waals surface area contributed by atoms with Gasteiger partial charge in [0.1, 0.15) is 0 Å². The van der Waals surface area contributed by atoms with Crippen LogP contribution in [-0.4, -0.2) is 23.5 Å². The normalized spacial score (nSPS) is 35.1. The highest BCUT2D eigenvalue weighted by Crippen LogP contribution is 2.30. The molecule has 0 N–H and O–H groups in total. The number of rotatable bonds is 2.